The van der Waals surface area contributed by atoms with E-state index in [1.807, 2.05) is 0 Å². The lowest BCUT2D eigenvalue weighted by Crippen LogP contribution is -2.26. The summed E-state index contributed by atoms with van der Waals surface area (Å²) >= 11 is 0. The lowest BCUT2D eigenvalue weighted by atomic mass is 10.0. The van der Waals surface area contributed by atoms with Crippen molar-refractivity contribution in [2.45, 2.75) is 25.7 Å². The van der Waals surface area contributed by atoms with Crippen molar-refractivity contribution < 1.29 is 4.74 Å². The van der Waals surface area contributed by atoms with E-state index in [-0.39, 0.29) is 0 Å². The fraction of sp³-hybridized carbons (Fsp3) is 0.818. The second-order valence-corrected chi connectivity index (χ2v) is 3.80. The van der Waals surface area contributed by atoms with Crippen LogP contribution in [0.25, 0.3) is 0 Å². The molecule has 0 atom stereocenters. The van der Waals surface area contributed by atoms with Gasteiger partial charge in [-0.15, -0.1) is 0 Å². The number of ether oxygens (including phenoxy) is 1. The number of methoxy groups -OCH3 is 1. The highest BCUT2D eigenvalue weighted by Gasteiger charge is 2.08. The highest BCUT2D eigenvalue weighted by molar-refractivity contribution is 5.05. The third kappa shape index (κ3) is 4.44. The zero-order chi connectivity index (χ0) is 9.52. The number of hydrogen-bond donors (Lipinski definition) is 0. The Morgan fingerprint density at radius 2 is 2.08 bits per heavy atom. The van der Waals surface area contributed by atoms with Crippen LogP contribution in [0.15, 0.2) is 11.6 Å². The van der Waals surface area contributed by atoms with Crippen LogP contribution in [-0.2, 0) is 4.74 Å². The predicted molar refractivity (Wildman–Crippen MR) is 55.9 cm³/mol. The summed E-state index contributed by atoms with van der Waals surface area (Å²) in [5, 5.41) is 0. The summed E-state index contributed by atoms with van der Waals surface area (Å²) in [6.07, 6.45) is 7.29. The van der Waals surface area contributed by atoms with Crippen molar-refractivity contribution in [3.05, 3.63) is 11.6 Å². The van der Waals surface area contributed by atoms with Crippen LogP contribution < -0.4 is 0 Å². The minimum absolute atomic E-state index is 0.893. The van der Waals surface area contributed by atoms with Gasteiger partial charge in [0, 0.05) is 26.8 Å². The smallest absolute Gasteiger partial charge is 0.0465 e. The maximum Gasteiger partial charge on any atom is 0.0465 e. The Hall–Kier alpha value is -0.340. The van der Waals surface area contributed by atoms with E-state index in [0.717, 1.165) is 13.0 Å². The minimum Gasteiger partial charge on any atom is -0.385 e. The molecule has 0 N–H and O–H groups in total. The van der Waals surface area contributed by atoms with E-state index in [9.17, 15) is 0 Å². The topological polar surface area (TPSA) is 12.5 Å². The third-order valence-corrected chi connectivity index (χ3v) is 2.61. The molecule has 0 aliphatic carbocycles. The summed E-state index contributed by atoms with van der Waals surface area (Å²) in [5.41, 5.74) is 1.65. The van der Waals surface area contributed by atoms with Crippen LogP contribution in [0.2, 0.25) is 0 Å². The largest absolute Gasteiger partial charge is 0.385 e. The van der Waals surface area contributed by atoms with Crippen molar-refractivity contribution in [3.63, 3.8) is 0 Å². The molecule has 0 radical (unpaired) electrons. The maximum absolute atomic E-state index is 5.01. The maximum atomic E-state index is 5.01. The van der Waals surface area contributed by atoms with E-state index in [4.69, 9.17) is 4.74 Å². The first kappa shape index (κ1) is 10.7. The van der Waals surface area contributed by atoms with Gasteiger partial charge in [-0.05, 0) is 32.7 Å². The molecule has 0 aromatic rings. The summed E-state index contributed by atoms with van der Waals surface area (Å²) in [6.45, 7) is 3.36. The van der Waals surface area contributed by atoms with Crippen molar-refractivity contribution in [3.8, 4) is 0 Å². The van der Waals surface area contributed by atoms with Crippen LogP contribution >= 0.6 is 0 Å². The molecular formula is C11H21NO. The fourth-order valence-electron chi connectivity index (χ4n) is 1.64. The van der Waals surface area contributed by atoms with E-state index in [0.29, 0.717) is 0 Å². The fourth-order valence-corrected chi connectivity index (χ4v) is 1.64. The number of rotatable bonds is 4. The normalized spacial score (nSPS) is 19.1. The van der Waals surface area contributed by atoms with Gasteiger partial charge in [-0.25, -0.2) is 0 Å². The molecule has 0 bridgehead atoms. The zero-order valence-corrected chi connectivity index (χ0v) is 8.88. The molecule has 0 aromatic carbocycles. The van der Waals surface area contributed by atoms with Crippen LogP contribution in [0.3, 0.4) is 0 Å². The first-order valence-corrected chi connectivity index (χ1v) is 5.18. The van der Waals surface area contributed by atoms with Gasteiger partial charge in [0.1, 0.15) is 0 Å². The molecule has 2 heteroatoms. The molecule has 1 saturated heterocycles. The molecule has 0 saturated carbocycles. The predicted octanol–water partition coefficient (Wildman–Crippen LogP) is 2.06. The van der Waals surface area contributed by atoms with E-state index < -0.39 is 0 Å². The summed E-state index contributed by atoms with van der Waals surface area (Å²) in [5.74, 6) is 0. The van der Waals surface area contributed by atoms with Crippen LogP contribution in [0.1, 0.15) is 25.7 Å². The molecule has 76 valence electrons. The van der Waals surface area contributed by atoms with Gasteiger partial charge in [0.15, 0.2) is 0 Å². The molecule has 2 nitrogen and oxygen atoms in total. The molecule has 0 unspecified atom stereocenters. The molecule has 0 amide bonds. The summed E-state index contributed by atoms with van der Waals surface area (Å²) < 4.78 is 5.01. The number of unbranched alkanes of at least 4 members (excludes halogenated alkanes) is 1. The van der Waals surface area contributed by atoms with Crippen molar-refractivity contribution >= 4 is 0 Å². The van der Waals surface area contributed by atoms with Gasteiger partial charge < -0.3 is 9.64 Å². The van der Waals surface area contributed by atoms with Crippen molar-refractivity contribution in [1.82, 2.24) is 4.90 Å². The number of nitrogens with zero attached hydrogens (tertiary/aromatic N) is 1. The van der Waals surface area contributed by atoms with Crippen LogP contribution in [0, 0.1) is 0 Å². The zero-order valence-electron chi connectivity index (χ0n) is 8.88. The second-order valence-electron chi connectivity index (χ2n) is 3.80. The first-order valence-electron chi connectivity index (χ1n) is 5.18. The van der Waals surface area contributed by atoms with Gasteiger partial charge >= 0.3 is 0 Å². The standard InChI is InChI=1S/C11H21NO/c1-12-8-6-11(7-9-12)5-3-4-10-13-2/h5H,3-4,6-10H2,1-2H3. The highest BCUT2D eigenvalue weighted by Crippen LogP contribution is 2.15. The van der Waals surface area contributed by atoms with Gasteiger partial charge in [-0.3, -0.25) is 0 Å². The van der Waals surface area contributed by atoms with Crippen LogP contribution in [0.4, 0.5) is 0 Å². The molecule has 13 heavy (non-hydrogen) atoms. The third-order valence-electron chi connectivity index (χ3n) is 2.61. The van der Waals surface area contributed by atoms with Crippen LogP contribution in [-0.4, -0.2) is 38.8 Å². The van der Waals surface area contributed by atoms with Gasteiger partial charge in [0.05, 0.1) is 0 Å². The Morgan fingerprint density at radius 3 is 2.69 bits per heavy atom. The first-order chi connectivity index (χ1) is 6.33. The molecule has 1 heterocycles. The highest BCUT2D eigenvalue weighted by atomic mass is 16.5. The summed E-state index contributed by atoms with van der Waals surface area (Å²) in [6, 6.07) is 0. The lowest BCUT2D eigenvalue weighted by molar-refractivity contribution is 0.195. The monoisotopic (exact) mass is 183 g/mol. The number of piperidine rings is 1. The molecule has 0 spiro atoms. The summed E-state index contributed by atoms with van der Waals surface area (Å²) in [4.78, 5) is 2.40. The average Bonchev–Trinajstić information content (AvgIpc) is 2.15. The van der Waals surface area contributed by atoms with E-state index >= 15 is 0 Å². The average molecular weight is 183 g/mol. The number of allylic oxidation sites excluding steroid dienone is 1. The van der Waals surface area contributed by atoms with Gasteiger partial charge in [0.2, 0.25) is 0 Å². The Bertz CT molecular complexity index is 155. The van der Waals surface area contributed by atoms with Crippen molar-refractivity contribution in [2.75, 3.05) is 33.9 Å². The lowest BCUT2D eigenvalue weighted by Gasteiger charge is -2.24. The van der Waals surface area contributed by atoms with Gasteiger partial charge in [-0.1, -0.05) is 11.6 Å². The number of likely N-dealkylation sites (tertiary alicyclic amines) is 1. The summed E-state index contributed by atoms with van der Waals surface area (Å²) in [7, 11) is 3.96. The van der Waals surface area contributed by atoms with E-state index in [2.05, 4.69) is 18.0 Å². The molecule has 0 aromatic heterocycles. The quantitative estimate of drug-likeness (QED) is 0.488. The Balaban J connectivity index is 2.12. The molecule has 1 fully saturated rings. The molecule has 1 aliphatic rings. The van der Waals surface area contributed by atoms with Gasteiger partial charge in [0.25, 0.3) is 0 Å². The Kier molecular flexibility index (Phi) is 5.09. The molecule has 1 aliphatic heterocycles. The SMILES string of the molecule is COCCCC=C1CCN(C)CC1. The molecule has 1 rings (SSSR count). The van der Waals surface area contributed by atoms with Crippen LogP contribution in [0.5, 0.6) is 0 Å². The van der Waals surface area contributed by atoms with Crippen molar-refractivity contribution in [2.24, 2.45) is 0 Å². The van der Waals surface area contributed by atoms with E-state index in [1.165, 1.54) is 32.4 Å². The second kappa shape index (κ2) is 6.17. The Labute approximate surface area is 81.6 Å². The minimum atomic E-state index is 0.893. The molecular weight excluding hydrogens is 162 g/mol. The van der Waals surface area contributed by atoms with Gasteiger partial charge in [-0.2, -0.15) is 0 Å². The number of hydrogen-bond acceptors (Lipinski definition) is 2. The Morgan fingerprint density at radius 1 is 1.38 bits per heavy atom. The van der Waals surface area contributed by atoms with Crippen molar-refractivity contribution in [1.29, 1.82) is 0 Å². The van der Waals surface area contributed by atoms with E-state index in [1.54, 1.807) is 12.7 Å².